The number of allylic oxidation sites excluding steroid dienone is 1. The molecule has 0 saturated carbocycles. The van der Waals surface area contributed by atoms with Crippen LogP contribution in [0.15, 0.2) is 12.7 Å². The molecule has 0 aromatic rings. The van der Waals surface area contributed by atoms with Crippen molar-refractivity contribution in [3.63, 3.8) is 0 Å². The summed E-state index contributed by atoms with van der Waals surface area (Å²) in [5.41, 5.74) is -0.460. The minimum absolute atomic E-state index is 0.327. The summed E-state index contributed by atoms with van der Waals surface area (Å²) in [4.78, 5) is 0. The van der Waals surface area contributed by atoms with Crippen molar-refractivity contribution in [3.8, 4) is 0 Å². The zero-order chi connectivity index (χ0) is 9.31. The molecule has 2 nitrogen and oxygen atoms in total. The van der Waals surface area contributed by atoms with Crippen molar-refractivity contribution in [2.75, 3.05) is 0 Å². The molecule has 2 saturated heterocycles. The molecule has 0 spiro atoms. The molecular weight excluding hydrogens is 164 g/mol. The Morgan fingerprint density at radius 3 is 2.54 bits per heavy atom. The fourth-order valence-electron chi connectivity index (χ4n) is 2.59. The molecule has 2 atom stereocenters. The molecule has 2 rings (SSSR count). The number of ether oxygens (including phenoxy) is 1. The highest BCUT2D eigenvalue weighted by atomic mass is 16.5. The summed E-state index contributed by atoms with van der Waals surface area (Å²) in [5.74, 6) is 0. The van der Waals surface area contributed by atoms with Crippen LogP contribution in [0.1, 0.15) is 38.5 Å². The molecule has 2 unspecified atom stereocenters. The van der Waals surface area contributed by atoms with Crippen molar-refractivity contribution in [3.05, 3.63) is 12.7 Å². The first-order chi connectivity index (χ1) is 6.22. The first-order valence-corrected chi connectivity index (χ1v) is 5.21. The molecule has 13 heavy (non-hydrogen) atoms. The largest absolute Gasteiger partial charge is 0.390 e. The summed E-state index contributed by atoms with van der Waals surface area (Å²) in [6, 6.07) is 0. The van der Waals surface area contributed by atoms with Gasteiger partial charge in [-0.2, -0.15) is 0 Å². The highest BCUT2D eigenvalue weighted by Gasteiger charge is 2.42. The lowest BCUT2D eigenvalue weighted by molar-refractivity contribution is -0.113. The van der Waals surface area contributed by atoms with Crippen LogP contribution >= 0.6 is 0 Å². The first kappa shape index (κ1) is 9.22. The van der Waals surface area contributed by atoms with Crippen LogP contribution in [0, 0.1) is 0 Å². The second-order valence-electron chi connectivity index (χ2n) is 4.42. The maximum atomic E-state index is 10.3. The van der Waals surface area contributed by atoms with Gasteiger partial charge in [0.2, 0.25) is 0 Å². The molecule has 74 valence electrons. The molecule has 0 amide bonds. The number of rotatable bonds is 3. The summed E-state index contributed by atoms with van der Waals surface area (Å²) >= 11 is 0. The highest BCUT2D eigenvalue weighted by Crippen LogP contribution is 2.40. The van der Waals surface area contributed by atoms with Gasteiger partial charge in [-0.15, -0.1) is 6.58 Å². The normalized spacial score (nSPS) is 43.5. The van der Waals surface area contributed by atoms with Crippen molar-refractivity contribution >= 4 is 0 Å². The Morgan fingerprint density at radius 1 is 1.38 bits per heavy atom. The Hall–Kier alpha value is -0.340. The average molecular weight is 182 g/mol. The highest BCUT2D eigenvalue weighted by molar-refractivity contribution is 4.95. The molecule has 2 heteroatoms. The van der Waals surface area contributed by atoms with E-state index in [1.807, 2.05) is 6.08 Å². The Kier molecular flexibility index (Phi) is 2.43. The van der Waals surface area contributed by atoms with Gasteiger partial charge in [0, 0.05) is 12.8 Å². The van der Waals surface area contributed by atoms with E-state index >= 15 is 0 Å². The predicted octanol–water partition coefficient (Wildman–Crippen LogP) is 2.03. The van der Waals surface area contributed by atoms with Gasteiger partial charge in [-0.3, -0.25) is 0 Å². The van der Waals surface area contributed by atoms with E-state index in [2.05, 4.69) is 6.58 Å². The predicted molar refractivity (Wildman–Crippen MR) is 51.5 cm³/mol. The summed E-state index contributed by atoms with van der Waals surface area (Å²) in [7, 11) is 0. The van der Waals surface area contributed by atoms with Crippen LogP contribution in [0.5, 0.6) is 0 Å². The Morgan fingerprint density at radius 2 is 2.00 bits per heavy atom. The van der Waals surface area contributed by atoms with Crippen LogP contribution in [-0.4, -0.2) is 22.9 Å². The zero-order valence-electron chi connectivity index (χ0n) is 8.04. The van der Waals surface area contributed by atoms with Gasteiger partial charge in [-0.05, 0) is 25.7 Å². The number of fused-ring (bicyclic) bond motifs is 2. The molecule has 2 bridgehead atoms. The van der Waals surface area contributed by atoms with Crippen LogP contribution in [0.4, 0.5) is 0 Å². The van der Waals surface area contributed by atoms with Gasteiger partial charge in [0.25, 0.3) is 0 Å². The Bertz CT molecular complexity index is 188. The van der Waals surface area contributed by atoms with Gasteiger partial charge >= 0.3 is 0 Å². The van der Waals surface area contributed by atoms with E-state index in [0.717, 1.165) is 38.5 Å². The number of hydrogen-bond donors (Lipinski definition) is 1. The smallest absolute Gasteiger partial charge is 0.0700 e. The van der Waals surface area contributed by atoms with Crippen LogP contribution in [0.25, 0.3) is 0 Å². The van der Waals surface area contributed by atoms with Gasteiger partial charge in [-0.1, -0.05) is 6.08 Å². The van der Waals surface area contributed by atoms with E-state index in [9.17, 15) is 5.11 Å². The summed E-state index contributed by atoms with van der Waals surface area (Å²) in [6.07, 6.45) is 8.25. The number of aliphatic hydroxyl groups is 1. The molecule has 2 fully saturated rings. The third-order valence-electron chi connectivity index (χ3n) is 3.22. The van der Waals surface area contributed by atoms with E-state index in [4.69, 9.17) is 4.74 Å². The molecule has 0 aliphatic carbocycles. The topological polar surface area (TPSA) is 29.5 Å². The molecule has 2 aliphatic rings. The van der Waals surface area contributed by atoms with Crippen molar-refractivity contribution in [2.45, 2.75) is 56.3 Å². The van der Waals surface area contributed by atoms with E-state index in [0.29, 0.717) is 12.2 Å². The molecule has 2 aliphatic heterocycles. The third kappa shape index (κ3) is 1.94. The minimum atomic E-state index is -0.460. The number of hydrogen-bond acceptors (Lipinski definition) is 2. The average Bonchev–Trinajstić information content (AvgIpc) is 2.43. The quantitative estimate of drug-likeness (QED) is 0.677. The molecule has 1 N–H and O–H groups in total. The molecule has 2 heterocycles. The Labute approximate surface area is 79.6 Å². The van der Waals surface area contributed by atoms with Crippen LogP contribution in [0.2, 0.25) is 0 Å². The van der Waals surface area contributed by atoms with Gasteiger partial charge in [-0.25, -0.2) is 0 Å². The maximum absolute atomic E-state index is 10.3. The summed E-state index contributed by atoms with van der Waals surface area (Å²) in [5, 5.41) is 10.3. The first-order valence-electron chi connectivity index (χ1n) is 5.21. The summed E-state index contributed by atoms with van der Waals surface area (Å²) < 4.78 is 5.69. The lowest BCUT2D eigenvalue weighted by Crippen LogP contribution is -2.40. The third-order valence-corrected chi connectivity index (χ3v) is 3.22. The van der Waals surface area contributed by atoms with Gasteiger partial charge in [0.1, 0.15) is 0 Å². The minimum Gasteiger partial charge on any atom is -0.390 e. The van der Waals surface area contributed by atoms with E-state index < -0.39 is 5.60 Å². The van der Waals surface area contributed by atoms with Crippen molar-refractivity contribution in [2.24, 2.45) is 0 Å². The zero-order valence-corrected chi connectivity index (χ0v) is 8.04. The fourth-order valence-corrected chi connectivity index (χ4v) is 2.59. The fraction of sp³-hybridized carbons (Fsp3) is 0.818. The van der Waals surface area contributed by atoms with E-state index in [1.165, 1.54) is 0 Å². The van der Waals surface area contributed by atoms with Gasteiger partial charge in [0.05, 0.1) is 17.8 Å². The molecular formula is C11H18O2. The maximum Gasteiger partial charge on any atom is 0.0700 e. The molecule has 0 radical (unpaired) electrons. The lowest BCUT2D eigenvalue weighted by Gasteiger charge is -2.36. The SMILES string of the molecule is C=CCCC1(O)CC2CCC(C1)O2. The van der Waals surface area contributed by atoms with Crippen LogP contribution < -0.4 is 0 Å². The lowest BCUT2D eigenvalue weighted by atomic mass is 9.86. The van der Waals surface area contributed by atoms with Crippen LogP contribution in [0.3, 0.4) is 0 Å². The second kappa shape index (κ2) is 3.43. The monoisotopic (exact) mass is 182 g/mol. The van der Waals surface area contributed by atoms with Crippen molar-refractivity contribution < 1.29 is 9.84 Å². The van der Waals surface area contributed by atoms with Gasteiger partial charge in [0.15, 0.2) is 0 Å². The molecule has 0 aromatic heterocycles. The summed E-state index contributed by atoms with van der Waals surface area (Å²) in [6.45, 7) is 3.69. The molecule has 0 aromatic carbocycles. The van der Waals surface area contributed by atoms with Crippen molar-refractivity contribution in [1.29, 1.82) is 0 Å². The van der Waals surface area contributed by atoms with Gasteiger partial charge < -0.3 is 9.84 Å². The standard InChI is InChI=1S/C11H18O2/c1-2-3-6-11(12)7-9-4-5-10(8-11)13-9/h2,9-10,12H,1,3-8H2. The van der Waals surface area contributed by atoms with Crippen molar-refractivity contribution in [1.82, 2.24) is 0 Å². The Balaban J connectivity index is 1.95. The van der Waals surface area contributed by atoms with E-state index in [-0.39, 0.29) is 0 Å². The second-order valence-corrected chi connectivity index (χ2v) is 4.42. The van der Waals surface area contributed by atoms with Crippen LogP contribution in [-0.2, 0) is 4.74 Å². The van der Waals surface area contributed by atoms with E-state index in [1.54, 1.807) is 0 Å².